The van der Waals surface area contributed by atoms with Crippen LogP contribution >= 0.6 is 11.6 Å². The third kappa shape index (κ3) is 4.73. The van der Waals surface area contributed by atoms with Crippen LogP contribution in [0, 0.1) is 0 Å². The van der Waals surface area contributed by atoms with E-state index in [0.717, 1.165) is 31.6 Å². The third-order valence-electron chi connectivity index (χ3n) is 4.01. The van der Waals surface area contributed by atoms with Crippen molar-refractivity contribution >= 4 is 29.1 Å². The van der Waals surface area contributed by atoms with Crippen LogP contribution < -0.4 is 4.90 Å². The van der Waals surface area contributed by atoms with E-state index in [0.29, 0.717) is 18.0 Å². The molecule has 0 aromatic heterocycles. The maximum absolute atomic E-state index is 12.3. The fourth-order valence-corrected chi connectivity index (χ4v) is 2.98. The van der Waals surface area contributed by atoms with Crippen molar-refractivity contribution in [3.05, 3.63) is 29.3 Å². The zero-order chi connectivity index (χ0) is 15.9. The third-order valence-corrected chi connectivity index (χ3v) is 4.24. The summed E-state index contributed by atoms with van der Waals surface area (Å²) in [7, 11) is 0. The van der Waals surface area contributed by atoms with E-state index in [2.05, 4.69) is 0 Å². The average molecular weight is 323 g/mol. The van der Waals surface area contributed by atoms with Crippen molar-refractivity contribution in [2.24, 2.45) is 0 Å². The van der Waals surface area contributed by atoms with Crippen molar-refractivity contribution in [3.8, 4) is 0 Å². The summed E-state index contributed by atoms with van der Waals surface area (Å²) >= 11 is 5.98. The van der Waals surface area contributed by atoms with Gasteiger partial charge in [0.2, 0.25) is 11.8 Å². The minimum atomic E-state index is -0.0778. The standard InChI is InChI=1S/C17H23ClN2O2/c1-14(21)20(16-8-6-7-15(18)13-16)12-9-17(22)19-10-4-2-3-5-11-19/h6-8,13H,2-5,9-12H2,1H3. The van der Waals surface area contributed by atoms with Crippen LogP contribution in [-0.2, 0) is 9.59 Å². The molecular formula is C17H23ClN2O2. The number of amides is 2. The van der Waals surface area contributed by atoms with Gasteiger partial charge in [-0.3, -0.25) is 9.59 Å². The zero-order valence-electron chi connectivity index (χ0n) is 13.1. The topological polar surface area (TPSA) is 40.6 Å². The maximum atomic E-state index is 12.3. The van der Waals surface area contributed by atoms with Crippen LogP contribution in [0.25, 0.3) is 0 Å². The highest BCUT2D eigenvalue weighted by Crippen LogP contribution is 2.20. The molecule has 0 atom stereocenters. The molecule has 0 aliphatic carbocycles. The number of anilines is 1. The Labute approximate surface area is 137 Å². The first-order valence-corrected chi connectivity index (χ1v) is 8.27. The minimum Gasteiger partial charge on any atom is -0.343 e. The highest BCUT2D eigenvalue weighted by atomic mass is 35.5. The SMILES string of the molecule is CC(=O)N(CCC(=O)N1CCCCCC1)c1cccc(Cl)c1. The van der Waals surface area contributed by atoms with Gasteiger partial charge in [0, 0.05) is 43.7 Å². The van der Waals surface area contributed by atoms with Crippen molar-refractivity contribution in [3.63, 3.8) is 0 Å². The van der Waals surface area contributed by atoms with E-state index in [1.807, 2.05) is 17.0 Å². The van der Waals surface area contributed by atoms with Gasteiger partial charge in [0.25, 0.3) is 0 Å². The van der Waals surface area contributed by atoms with Gasteiger partial charge in [-0.05, 0) is 31.0 Å². The van der Waals surface area contributed by atoms with Gasteiger partial charge < -0.3 is 9.80 Å². The molecule has 1 fully saturated rings. The molecule has 1 aliphatic heterocycles. The van der Waals surface area contributed by atoms with Gasteiger partial charge in [0.1, 0.15) is 0 Å². The molecule has 1 heterocycles. The number of halogens is 1. The first-order chi connectivity index (χ1) is 10.6. The summed E-state index contributed by atoms with van der Waals surface area (Å²) in [6.45, 7) is 3.59. The van der Waals surface area contributed by atoms with Crippen LogP contribution in [0.5, 0.6) is 0 Å². The van der Waals surface area contributed by atoms with E-state index in [1.54, 1.807) is 17.0 Å². The Morgan fingerprint density at radius 3 is 2.45 bits per heavy atom. The number of rotatable bonds is 4. The monoisotopic (exact) mass is 322 g/mol. The Kier molecular flexibility index (Phi) is 6.25. The largest absolute Gasteiger partial charge is 0.343 e. The first kappa shape index (κ1) is 16.8. The smallest absolute Gasteiger partial charge is 0.224 e. The molecule has 0 radical (unpaired) electrons. The zero-order valence-corrected chi connectivity index (χ0v) is 13.8. The van der Waals surface area contributed by atoms with Crippen LogP contribution in [0.15, 0.2) is 24.3 Å². The minimum absolute atomic E-state index is 0.0778. The number of carbonyl (C=O) groups is 2. The molecule has 120 valence electrons. The Hall–Kier alpha value is -1.55. The summed E-state index contributed by atoms with van der Waals surface area (Å²) in [4.78, 5) is 27.7. The fraction of sp³-hybridized carbons (Fsp3) is 0.529. The lowest BCUT2D eigenvalue weighted by molar-refractivity contribution is -0.131. The lowest BCUT2D eigenvalue weighted by Gasteiger charge is -2.24. The van der Waals surface area contributed by atoms with Gasteiger partial charge >= 0.3 is 0 Å². The number of benzene rings is 1. The highest BCUT2D eigenvalue weighted by molar-refractivity contribution is 6.30. The molecule has 2 rings (SSSR count). The van der Waals surface area contributed by atoms with Gasteiger partial charge in [-0.1, -0.05) is 30.5 Å². The maximum Gasteiger partial charge on any atom is 0.224 e. The highest BCUT2D eigenvalue weighted by Gasteiger charge is 2.18. The molecule has 1 saturated heterocycles. The Morgan fingerprint density at radius 1 is 1.18 bits per heavy atom. The van der Waals surface area contributed by atoms with E-state index in [4.69, 9.17) is 11.6 Å². The lowest BCUT2D eigenvalue weighted by atomic mass is 10.2. The van der Waals surface area contributed by atoms with Crippen molar-refractivity contribution in [1.29, 1.82) is 0 Å². The second kappa shape index (κ2) is 8.18. The number of carbonyl (C=O) groups excluding carboxylic acids is 2. The number of likely N-dealkylation sites (tertiary alicyclic amines) is 1. The molecule has 0 N–H and O–H groups in total. The normalized spacial score (nSPS) is 15.3. The lowest BCUT2D eigenvalue weighted by Crippen LogP contribution is -2.36. The number of nitrogens with zero attached hydrogens (tertiary/aromatic N) is 2. The quantitative estimate of drug-likeness (QED) is 0.851. The average Bonchev–Trinajstić information content (AvgIpc) is 2.76. The van der Waals surface area contributed by atoms with Crippen LogP contribution in [-0.4, -0.2) is 36.3 Å². The number of hydrogen-bond acceptors (Lipinski definition) is 2. The van der Waals surface area contributed by atoms with E-state index in [1.165, 1.54) is 19.8 Å². The molecule has 0 spiro atoms. The Morgan fingerprint density at radius 2 is 1.86 bits per heavy atom. The summed E-state index contributed by atoms with van der Waals surface area (Å²) in [6, 6.07) is 7.17. The molecule has 0 saturated carbocycles. The van der Waals surface area contributed by atoms with Crippen molar-refractivity contribution in [1.82, 2.24) is 4.90 Å². The summed E-state index contributed by atoms with van der Waals surface area (Å²) in [6.07, 6.45) is 4.91. The second-order valence-electron chi connectivity index (χ2n) is 5.70. The molecule has 1 aromatic rings. The van der Waals surface area contributed by atoms with E-state index >= 15 is 0 Å². The Bertz CT molecular complexity index is 525. The first-order valence-electron chi connectivity index (χ1n) is 7.89. The summed E-state index contributed by atoms with van der Waals surface area (Å²) < 4.78 is 0. The molecule has 2 amide bonds. The predicted molar refractivity (Wildman–Crippen MR) is 89.1 cm³/mol. The Balaban J connectivity index is 1.97. The van der Waals surface area contributed by atoms with Crippen LogP contribution in [0.4, 0.5) is 5.69 Å². The summed E-state index contributed by atoms with van der Waals surface area (Å²) in [5, 5.41) is 0.586. The van der Waals surface area contributed by atoms with Crippen LogP contribution in [0.3, 0.4) is 0 Å². The van der Waals surface area contributed by atoms with Crippen LogP contribution in [0.1, 0.15) is 39.0 Å². The van der Waals surface area contributed by atoms with Gasteiger partial charge in [0.05, 0.1) is 0 Å². The van der Waals surface area contributed by atoms with Crippen molar-refractivity contribution < 1.29 is 9.59 Å². The molecule has 22 heavy (non-hydrogen) atoms. The van der Waals surface area contributed by atoms with Crippen LogP contribution in [0.2, 0.25) is 5.02 Å². The van der Waals surface area contributed by atoms with E-state index in [-0.39, 0.29) is 11.8 Å². The van der Waals surface area contributed by atoms with Crippen molar-refractivity contribution in [2.45, 2.75) is 39.0 Å². The van der Waals surface area contributed by atoms with Crippen molar-refractivity contribution in [2.75, 3.05) is 24.5 Å². The van der Waals surface area contributed by atoms with E-state index < -0.39 is 0 Å². The van der Waals surface area contributed by atoms with Gasteiger partial charge in [-0.15, -0.1) is 0 Å². The van der Waals surface area contributed by atoms with Gasteiger partial charge in [0.15, 0.2) is 0 Å². The summed E-state index contributed by atoms with van der Waals surface area (Å²) in [5.74, 6) is 0.0566. The molecule has 1 aromatic carbocycles. The molecule has 0 unspecified atom stereocenters. The fourth-order valence-electron chi connectivity index (χ4n) is 2.80. The van der Waals surface area contributed by atoms with Gasteiger partial charge in [-0.2, -0.15) is 0 Å². The number of hydrogen-bond donors (Lipinski definition) is 0. The van der Waals surface area contributed by atoms with Gasteiger partial charge in [-0.25, -0.2) is 0 Å². The predicted octanol–water partition coefficient (Wildman–Crippen LogP) is 3.49. The molecular weight excluding hydrogens is 300 g/mol. The molecule has 1 aliphatic rings. The molecule has 5 heteroatoms. The van der Waals surface area contributed by atoms with E-state index in [9.17, 15) is 9.59 Å². The molecule has 0 bridgehead atoms. The molecule has 4 nitrogen and oxygen atoms in total. The summed E-state index contributed by atoms with van der Waals surface area (Å²) in [5.41, 5.74) is 0.740. The second-order valence-corrected chi connectivity index (χ2v) is 6.13.